The zero-order chi connectivity index (χ0) is 14.4. The molecule has 0 spiro atoms. The Labute approximate surface area is 141 Å². The van der Waals surface area contributed by atoms with Gasteiger partial charge >= 0.3 is 0 Å². The van der Waals surface area contributed by atoms with Crippen molar-refractivity contribution >= 4 is 29.9 Å². The third-order valence-corrected chi connectivity index (χ3v) is 2.98. The largest absolute Gasteiger partial charge is 0.355 e. The number of aliphatic imine (C=N–C) groups is 1. The van der Waals surface area contributed by atoms with Gasteiger partial charge in [-0.15, -0.1) is 24.0 Å². The van der Waals surface area contributed by atoms with E-state index >= 15 is 0 Å². The molecule has 2 aromatic heterocycles. The van der Waals surface area contributed by atoms with E-state index < -0.39 is 0 Å². The van der Waals surface area contributed by atoms with Crippen LogP contribution < -0.4 is 10.6 Å². The summed E-state index contributed by atoms with van der Waals surface area (Å²) in [6.45, 7) is 4.30. The zero-order valence-corrected chi connectivity index (χ0v) is 14.9. The van der Waals surface area contributed by atoms with Gasteiger partial charge in [0.15, 0.2) is 5.96 Å². The van der Waals surface area contributed by atoms with Crippen molar-refractivity contribution in [3.05, 3.63) is 35.9 Å². The predicted molar refractivity (Wildman–Crippen MR) is 93.8 cm³/mol. The first-order valence-electron chi connectivity index (χ1n) is 6.59. The Balaban J connectivity index is 0.00000220. The van der Waals surface area contributed by atoms with E-state index in [9.17, 15) is 0 Å². The molecule has 0 amide bonds. The molecule has 0 saturated carbocycles. The average molecular weight is 403 g/mol. The minimum absolute atomic E-state index is 0. The number of rotatable bonds is 5. The molecule has 0 aliphatic heterocycles. The summed E-state index contributed by atoms with van der Waals surface area (Å²) in [4.78, 5) is 4.19. The van der Waals surface area contributed by atoms with Crippen molar-refractivity contribution in [2.75, 3.05) is 13.6 Å². The molecule has 116 valence electrons. The number of halogens is 1. The van der Waals surface area contributed by atoms with E-state index in [2.05, 4.69) is 25.8 Å². The van der Waals surface area contributed by atoms with E-state index in [0.717, 1.165) is 24.7 Å². The van der Waals surface area contributed by atoms with E-state index in [-0.39, 0.29) is 24.0 Å². The fourth-order valence-electron chi connectivity index (χ4n) is 1.85. The van der Waals surface area contributed by atoms with Gasteiger partial charge in [-0.05, 0) is 18.6 Å². The fourth-order valence-corrected chi connectivity index (χ4v) is 1.85. The summed E-state index contributed by atoms with van der Waals surface area (Å²) in [7, 11) is 3.68. The summed E-state index contributed by atoms with van der Waals surface area (Å²) >= 11 is 0. The highest BCUT2D eigenvalue weighted by atomic mass is 127. The van der Waals surface area contributed by atoms with Crippen LogP contribution in [0.2, 0.25) is 0 Å². The van der Waals surface area contributed by atoms with Gasteiger partial charge in [0.05, 0.1) is 25.0 Å². The average Bonchev–Trinajstić information content (AvgIpc) is 3.03. The number of aromatic nitrogens is 4. The van der Waals surface area contributed by atoms with Gasteiger partial charge < -0.3 is 10.6 Å². The van der Waals surface area contributed by atoms with Crippen molar-refractivity contribution in [3.63, 3.8) is 0 Å². The summed E-state index contributed by atoms with van der Waals surface area (Å²) in [5.74, 6) is 0.773. The molecule has 21 heavy (non-hydrogen) atoms. The lowest BCUT2D eigenvalue weighted by atomic mass is 10.4. The van der Waals surface area contributed by atoms with Gasteiger partial charge in [-0.1, -0.05) is 0 Å². The topological polar surface area (TPSA) is 72.1 Å². The van der Waals surface area contributed by atoms with Gasteiger partial charge in [-0.3, -0.25) is 14.4 Å². The Morgan fingerprint density at radius 1 is 1.33 bits per heavy atom. The number of aryl methyl sites for hydroxylation is 2. The minimum atomic E-state index is 0. The molecule has 2 rings (SSSR count). The lowest BCUT2D eigenvalue weighted by molar-refractivity contribution is 0.595. The Morgan fingerprint density at radius 3 is 2.71 bits per heavy atom. The lowest BCUT2D eigenvalue weighted by Crippen LogP contribution is -2.38. The molecular formula is C13H22IN7. The zero-order valence-electron chi connectivity index (χ0n) is 12.6. The Morgan fingerprint density at radius 2 is 2.14 bits per heavy atom. The van der Waals surface area contributed by atoms with E-state index in [1.165, 1.54) is 5.56 Å². The minimum Gasteiger partial charge on any atom is -0.355 e. The molecule has 0 aliphatic carbocycles. The summed E-state index contributed by atoms with van der Waals surface area (Å²) < 4.78 is 3.75. The molecule has 0 atom stereocenters. The Bertz CT molecular complexity index is 573. The van der Waals surface area contributed by atoms with Crippen LogP contribution in [-0.4, -0.2) is 39.1 Å². The fraction of sp³-hybridized carbons (Fsp3) is 0.462. The first-order chi connectivity index (χ1) is 9.69. The van der Waals surface area contributed by atoms with E-state index in [0.29, 0.717) is 6.54 Å². The molecule has 7 nitrogen and oxygen atoms in total. The molecule has 0 fully saturated rings. The predicted octanol–water partition coefficient (Wildman–Crippen LogP) is 0.908. The van der Waals surface area contributed by atoms with Gasteiger partial charge in [0.2, 0.25) is 0 Å². The molecule has 0 unspecified atom stereocenters. The standard InChI is InChI=1S/C13H21N7.HI/c1-11-8-18-20(10-11)7-6-15-13(14-2)16-9-12-4-5-17-19(12)3;/h4-5,8,10H,6-7,9H2,1-3H3,(H2,14,15,16);1H. The van der Waals surface area contributed by atoms with Crippen molar-refractivity contribution in [2.45, 2.75) is 20.0 Å². The molecule has 0 aliphatic rings. The summed E-state index contributed by atoms with van der Waals surface area (Å²) in [6.07, 6.45) is 5.66. The summed E-state index contributed by atoms with van der Waals surface area (Å²) in [6, 6.07) is 1.98. The highest BCUT2D eigenvalue weighted by molar-refractivity contribution is 14.0. The lowest BCUT2D eigenvalue weighted by Gasteiger charge is -2.12. The maximum absolute atomic E-state index is 4.24. The van der Waals surface area contributed by atoms with Crippen LogP contribution in [0.1, 0.15) is 11.3 Å². The van der Waals surface area contributed by atoms with Crippen LogP contribution in [0.3, 0.4) is 0 Å². The molecule has 0 radical (unpaired) electrons. The van der Waals surface area contributed by atoms with E-state index in [4.69, 9.17) is 0 Å². The van der Waals surface area contributed by atoms with Crippen LogP contribution in [0, 0.1) is 6.92 Å². The van der Waals surface area contributed by atoms with Gasteiger partial charge in [0.25, 0.3) is 0 Å². The van der Waals surface area contributed by atoms with Crippen LogP contribution in [0.15, 0.2) is 29.6 Å². The van der Waals surface area contributed by atoms with Crippen LogP contribution in [-0.2, 0) is 20.1 Å². The second-order valence-corrected chi connectivity index (χ2v) is 4.58. The maximum Gasteiger partial charge on any atom is 0.191 e. The highest BCUT2D eigenvalue weighted by Gasteiger charge is 2.01. The smallest absolute Gasteiger partial charge is 0.191 e. The van der Waals surface area contributed by atoms with E-state index in [1.54, 1.807) is 13.2 Å². The van der Waals surface area contributed by atoms with Crippen molar-refractivity contribution in [3.8, 4) is 0 Å². The van der Waals surface area contributed by atoms with Gasteiger partial charge in [0.1, 0.15) is 0 Å². The number of hydrogen-bond acceptors (Lipinski definition) is 3. The van der Waals surface area contributed by atoms with Crippen molar-refractivity contribution in [2.24, 2.45) is 12.0 Å². The molecule has 2 aromatic rings. The number of hydrogen-bond donors (Lipinski definition) is 2. The number of guanidine groups is 1. The molecule has 8 heteroatoms. The first-order valence-corrected chi connectivity index (χ1v) is 6.59. The summed E-state index contributed by atoms with van der Waals surface area (Å²) in [5.41, 5.74) is 2.28. The molecule has 0 saturated heterocycles. The van der Waals surface area contributed by atoms with Crippen molar-refractivity contribution in [1.82, 2.24) is 30.2 Å². The monoisotopic (exact) mass is 403 g/mol. The van der Waals surface area contributed by atoms with Crippen LogP contribution >= 0.6 is 24.0 Å². The van der Waals surface area contributed by atoms with Gasteiger partial charge in [0, 0.05) is 33.0 Å². The maximum atomic E-state index is 4.24. The van der Waals surface area contributed by atoms with Crippen LogP contribution in [0.25, 0.3) is 0 Å². The molecule has 2 heterocycles. The van der Waals surface area contributed by atoms with Crippen LogP contribution in [0.4, 0.5) is 0 Å². The van der Waals surface area contributed by atoms with Crippen molar-refractivity contribution < 1.29 is 0 Å². The quantitative estimate of drug-likeness (QED) is 0.442. The van der Waals surface area contributed by atoms with E-state index in [1.807, 2.05) is 41.8 Å². The van der Waals surface area contributed by atoms with Crippen LogP contribution in [0.5, 0.6) is 0 Å². The number of nitrogens with one attached hydrogen (secondary N) is 2. The van der Waals surface area contributed by atoms with Crippen molar-refractivity contribution in [1.29, 1.82) is 0 Å². The Hall–Kier alpha value is -1.58. The normalized spacial score (nSPS) is 11.1. The molecular weight excluding hydrogens is 381 g/mol. The molecule has 0 aromatic carbocycles. The second-order valence-electron chi connectivity index (χ2n) is 4.58. The highest BCUT2D eigenvalue weighted by Crippen LogP contribution is 1.95. The second kappa shape index (κ2) is 8.65. The van der Waals surface area contributed by atoms with Gasteiger partial charge in [-0.25, -0.2) is 0 Å². The third-order valence-electron chi connectivity index (χ3n) is 2.98. The first kappa shape index (κ1) is 17.5. The SMILES string of the molecule is CN=C(NCCn1cc(C)cn1)NCc1ccnn1C.I. The number of nitrogens with zero attached hydrogens (tertiary/aromatic N) is 5. The van der Waals surface area contributed by atoms with Gasteiger partial charge in [-0.2, -0.15) is 10.2 Å². The third kappa shape index (κ3) is 5.37. The molecule has 0 bridgehead atoms. The molecule has 2 N–H and O–H groups in total. The Kier molecular flexibility index (Phi) is 7.20. The summed E-state index contributed by atoms with van der Waals surface area (Å²) in [5, 5.41) is 14.9.